The average molecular weight is 249 g/mol. The van der Waals surface area contributed by atoms with Gasteiger partial charge in [0.2, 0.25) is 0 Å². The molecule has 90 valence electrons. The third-order valence-electron chi connectivity index (χ3n) is 3.55. The van der Waals surface area contributed by atoms with Crippen molar-refractivity contribution in [3.8, 4) is 0 Å². The number of hydrogen-bond acceptors (Lipinski definition) is 3. The Balaban J connectivity index is 2.09. The van der Waals surface area contributed by atoms with Crippen LogP contribution >= 0.6 is 11.8 Å². The van der Waals surface area contributed by atoms with Crippen LogP contribution in [0.2, 0.25) is 0 Å². The standard InChI is InChI=1S/C13H15NO2S/c15-12-10-4-1-2-5-11(10)13(16)6-9-17-8-3-7-14(12)13/h1-2,4-5,16H,3,6-9H2. The molecular formula is C13H15NO2S. The summed E-state index contributed by atoms with van der Waals surface area (Å²) in [7, 11) is 0. The van der Waals surface area contributed by atoms with Crippen molar-refractivity contribution >= 4 is 17.7 Å². The van der Waals surface area contributed by atoms with E-state index in [-0.39, 0.29) is 5.91 Å². The zero-order valence-electron chi connectivity index (χ0n) is 9.56. The van der Waals surface area contributed by atoms with E-state index in [1.54, 1.807) is 4.90 Å². The van der Waals surface area contributed by atoms with Gasteiger partial charge in [-0.25, -0.2) is 0 Å². The molecule has 1 aromatic rings. The van der Waals surface area contributed by atoms with Gasteiger partial charge < -0.3 is 10.0 Å². The van der Waals surface area contributed by atoms with Crippen LogP contribution in [0.3, 0.4) is 0 Å². The number of thioether (sulfide) groups is 1. The maximum absolute atomic E-state index is 12.3. The summed E-state index contributed by atoms with van der Waals surface area (Å²) in [4.78, 5) is 13.9. The fraction of sp³-hybridized carbons (Fsp3) is 0.462. The summed E-state index contributed by atoms with van der Waals surface area (Å²) in [5.41, 5.74) is 0.385. The van der Waals surface area contributed by atoms with Crippen LogP contribution in [0.5, 0.6) is 0 Å². The van der Waals surface area contributed by atoms with Crippen molar-refractivity contribution in [2.24, 2.45) is 0 Å². The Labute approximate surface area is 105 Å². The van der Waals surface area contributed by atoms with Gasteiger partial charge in [0.15, 0.2) is 5.72 Å². The number of amides is 1. The molecule has 0 aliphatic carbocycles. The number of fused-ring (bicyclic) bond motifs is 3. The number of hydrogen-bond donors (Lipinski definition) is 1. The van der Waals surface area contributed by atoms with Crippen LogP contribution in [0.15, 0.2) is 24.3 Å². The van der Waals surface area contributed by atoms with Gasteiger partial charge in [0.05, 0.1) is 0 Å². The first-order chi connectivity index (χ1) is 8.23. The molecule has 3 rings (SSSR count). The maximum atomic E-state index is 12.3. The van der Waals surface area contributed by atoms with Crippen molar-refractivity contribution in [1.82, 2.24) is 4.90 Å². The van der Waals surface area contributed by atoms with Crippen molar-refractivity contribution in [2.45, 2.75) is 18.6 Å². The molecule has 1 aromatic carbocycles. The van der Waals surface area contributed by atoms with E-state index in [1.807, 2.05) is 36.0 Å². The monoisotopic (exact) mass is 249 g/mol. The molecule has 2 heterocycles. The molecule has 0 saturated carbocycles. The molecule has 1 saturated heterocycles. The van der Waals surface area contributed by atoms with E-state index < -0.39 is 5.72 Å². The summed E-state index contributed by atoms with van der Waals surface area (Å²) in [6.45, 7) is 0.650. The Morgan fingerprint density at radius 1 is 1.29 bits per heavy atom. The lowest BCUT2D eigenvalue weighted by Crippen LogP contribution is -2.45. The second-order valence-electron chi connectivity index (χ2n) is 4.53. The van der Waals surface area contributed by atoms with Crippen LogP contribution in [-0.4, -0.2) is 34.0 Å². The number of nitrogens with zero attached hydrogens (tertiary/aromatic N) is 1. The third kappa shape index (κ3) is 1.58. The van der Waals surface area contributed by atoms with E-state index in [9.17, 15) is 9.90 Å². The van der Waals surface area contributed by atoms with Crippen molar-refractivity contribution < 1.29 is 9.90 Å². The zero-order valence-corrected chi connectivity index (χ0v) is 10.4. The van der Waals surface area contributed by atoms with Gasteiger partial charge >= 0.3 is 0 Å². The number of carbonyl (C=O) groups excluding carboxylic acids is 1. The highest BCUT2D eigenvalue weighted by molar-refractivity contribution is 7.99. The van der Waals surface area contributed by atoms with E-state index in [1.165, 1.54) is 0 Å². The van der Waals surface area contributed by atoms with Crippen molar-refractivity contribution in [3.63, 3.8) is 0 Å². The van der Waals surface area contributed by atoms with E-state index in [0.717, 1.165) is 23.5 Å². The second kappa shape index (κ2) is 4.03. The molecule has 3 nitrogen and oxygen atoms in total. The van der Waals surface area contributed by atoms with Gasteiger partial charge in [0.1, 0.15) is 0 Å². The molecule has 1 unspecified atom stereocenters. The SMILES string of the molecule is O=C1c2ccccc2C2(O)CCSCCCN12. The Morgan fingerprint density at radius 3 is 3.00 bits per heavy atom. The van der Waals surface area contributed by atoms with Gasteiger partial charge in [-0.1, -0.05) is 18.2 Å². The summed E-state index contributed by atoms with van der Waals surface area (Å²) in [6, 6.07) is 7.43. The molecular weight excluding hydrogens is 234 g/mol. The van der Waals surface area contributed by atoms with Crippen LogP contribution < -0.4 is 0 Å². The first-order valence-corrected chi connectivity index (χ1v) is 7.10. The maximum Gasteiger partial charge on any atom is 0.256 e. The van der Waals surface area contributed by atoms with Gasteiger partial charge in [-0.2, -0.15) is 11.8 Å². The van der Waals surface area contributed by atoms with Crippen molar-refractivity contribution in [1.29, 1.82) is 0 Å². The van der Waals surface area contributed by atoms with E-state index in [4.69, 9.17) is 0 Å². The van der Waals surface area contributed by atoms with Crippen LogP contribution in [0.4, 0.5) is 0 Å². The molecule has 1 fully saturated rings. The smallest absolute Gasteiger partial charge is 0.256 e. The second-order valence-corrected chi connectivity index (χ2v) is 5.76. The Bertz CT molecular complexity index is 462. The van der Waals surface area contributed by atoms with Crippen LogP contribution in [0.1, 0.15) is 28.8 Å². The highest BCUT2D eigenvalue weighted by atomic mass is 32.2. The lowest BCUT2D eigenvalue weighted by Gasteiger charge is -2.35. The summed E-state index contributed by atoms with van der Waals surface area (Å²) in [5, 5.41) is 10.8. The molecule has 0 aromatic heterocycles. The van der Waals surface area contributed by atoms with Gasteiger partial charge in [-0.05, 0) is 24.0 Å². The zero-order chi connectivity index (χ0) is 11.9. The molecule has 0 bridgehead atoms. The predicted molar refractivity (Wildman–Crippen MR) is 67.9 cm³/mol. The lowest BCUT2D eigenvalue weighted by atomic mass is 9.99. The molecule has 2 aliphatic heterocycles. The van der Waals surface area contributed by atoms with Crippen LogP contribution in [0, 0.1) is 0 Å². The number of aliphatic hydroxyl groups is 1. The highest BCUT2D eigenvalue weighted by Gasteiger charge is 2.47. The minimum Gasteiger partial charge on any atom is -0.367 e. The van der Waals surface area contributed by atoms with E-state index in [2.05, 4.69) is 0 Å². The van der Waals surface area contributed by atoms with Crippen molar-refractivity contribution in [2.75, 3.05) is 18.1 Å². The Kier molecular flexibility index (Phi) is 2.64. The molecule has 4 heteroatoms. The van der Waals surface area contributed by atoms with Gasteiger partial charge in [0, 0.05) is 24.1 Å². The van der Waals surface area contributed by atoms with Crippen LogP contribution in [0.25, 0.3) is 0 Å². The molecule has 1 N–H and O–H groups in total. The lowest BCUT2D eigenvalue weighted by molar-refractivity contribution is -0.0863. The Morgan fingerprint density at radius 2 is 2.12 bits per heavy atom. The van der Waals surface area contributed by atoms with Crippen LogP contribution in [-0.2, 0) is 5.72 Å². The summed E-state index contributed by atoms with van der Waals surface area (Å²) >= 11 is 1.85. The molecule has 0 radical (unpaired) electrons. The Hall–Kier alpha value is -1.00. The first kappa shape index (κ1) is 11.1. The largest absolute Gasteiger partial charge is 0.367 e. The first-order valence-electron chi connectivity index (χ1n) is 5.95. The predicted octanol–water partition coefficient (Wildman–Crippen LogP) is 1.81. The number of carbonyl (C=O) groups is 1. The molecule has 2 aliphatic rings. The summed E-state index contributed by atoms with van der Waals surface area (Å²) < 4.78 is 0. The third-order valence-corrected chi connectivity index (χ3v) is 4.62. The van der Waals surface area contributed by atoms with E-state index >= 15 is 0 Å². The number of rotatable bonds is 0. The summed E-state index contributed by atoms with van der Waals surface area (Å²) in [5.74, 6) is 1.94. The molecule has 17 heavy (non-hydrogen) atoms. The molecule has 1 atom stereocenters. The number of benzene rings is 1. The fourth-order valence-electron chi connectivity index (χ4n) is 2.67. The minimum absolute atomic E-state index is 0.0185. The molecule has 0 spiro atoms. The minimum atomic E-state index is -1.07. The van der Waals surface area contributed by atoms with E-state index in [0.29, 0.717) is 18.5 Å². The van der Waals surface area contributed by atoms with Gasteiger partial charge in [-0.3, -0.25) is 4.79 Å². The van der Waals surface area contributed by atoms with Crippen molar-refractivity contribution in [3.05, 3.63) is 35.4 Å². The average Bonchev–Trinajstić information content (AvgIpc) is 2.52. The quantitative estimate of drug-likeness (QED) is 0.762. The van der Waals surface area contributed by atoms with Gasteiger partial charge in [-0.15, -0.1) is 0 Å². The molecule has 1 amide bonds. The summed E-state index contributed by atoms with van der Waals surface area (Å²) in [6.07, 6.45) is 1.58. The highest BCUT2D eigenvalue weighted by Crippen LogP contribution is 2.41. The normalized spacial score (nSPS) is 28.3. The topological polar surface area (TPSA) is 40.5 Å². The fourth-order valence-corrected chi connectivity index (χ4v) is 3.64. The van der Waals surface area contributed by atoms with Gasteiger partial charge in [0.25, 0.3) is 5.91 Å².